The number of oxazole rings is 1. The Kier molecular flexibility index (Phi) is 2.13. The number of aromatic nitrogens is 1. The van der Waals surface area contributed by atoms with Crippen molar-refractivity contribution < 1.29 is 9.52 Å². The number of benzene rings is 1. The van der Waals surface area contributed by atoms with Crippen molar-refractivity contribution in [3.63, 3.8) is 0 Å². The Balaban J connectivity index is 2.70. The van der Waals surface area contributed by atoms with E-state index >= 15 is 0 Å². The van der Waals surface area contributed by atoms with Crippen molar-refractivity contribution >= 4 is 11.1 Å². The molecule has 0 spiro atoms. The van der Waals surface area contributed by atoms with Gasteiger partial charge in [-0.3, -0.25) is 4.98 Å². The zero-order chi connectivity index (χ0) is 10.1. The van der Waals surface area contributed by atoms with Gasteiger partial charge in [0, 0.05) is 12.5 Å². The van der Waals surface area contributed by atoms with E-state index in [2.05, 4.69) is 4.98 Å². The lowest BCUT2D eigenvalue weighted by Crippen LogP contribution is -2.00. The van der Waals surface area contributed by atoms with Gasteiger partial charge in [0.2, 0.25) is 0 Å². The van der Waals surface area contributed by atoms with E-state index in [9.17, 15) is 4.79 Å². The summed E-state index contributed by atoms with van der Waals surface area (Å²) in [6, 6.07) is 5.40. The van der Waals surface area contributed by atoms with Crippen molar-refractivity contribution in [3.05, 3.63) is 34.3 Å². The Morgan fingerprint density at radius 1 is 1.57 bits per heavy atom. The Labute approximate surface area is 80.2 Å². The molecule has 1 aromatic heterocycles. The molecule has 1 heterocycles. The number of hydrogen-bond acceptors (Lipinski definition) is 3. The molecule has 0 radical (unpaired) electrons. The van der Waals surface area contributed by atoms with Crippen LogP contribution in [0.1, 0.15) is 18.4 Å². The highest BCUT2D eigenvalue weighted by molar-refractivity contribution is 5.76. The Bertz CT molecular complexity index is 497. The van der Waals surface area contributed by atoms with E-state index in [1.165, 1.54) is 0 Å². The minimum Gasteiger partial charge on any atom is -0.408 e. The molecule has 0 saturated heterocycles. The van der Waals surface area contributed by atoms with Gasteiger partial charge >= 0.3 is 5.76 Å². The van der Waals surface area contributed by atoms with Gasteiger partial charge in [-0.2, -0.15) is 0 Å². The van der Waals surface area contributed by atoms with Crippen LogP contribution in [0.15, 0.2) is 27.4 Å². The highest BCUT2D eigenvalue weighted by Crippen LogP contribution is 2.22. The summed E-state index contributed by atoms with van der Waals surface area (Å²) >= 11 is 0. The fourth-order valence-corrected chi connectivity index (χ4v) is 1.50. The van der Waals surface area contributed by atoms with Crippen LogP contribution in [0.25, 0.3) is 11.1 Å². The lowest BCUT2D eigenvalue weighted by Gasteiger charge is -2.07. The van der Waals surface area contributed by atoms with Crippen molar-refractivity contribution in [2.75, 3.05) is 6.61 Å². The van der Waals surface area contributed by atoms with Crippen LogP contribution in [-0.2, 0) is 0 Å². The molecule has 4 nitrogen and oxygen atoms in total. The number of aliphatic hydroxyl groups excluding tert-OH is 1. The third-order valence-corrected chi connectivity index (χ3v) is 2.29. The summed E-state index contributed by atoms with van der Waals surface area (Å²) in [5.74, 6) is -0.468. The second-order valence-corrected chi connectivity index (χ2v) is 3.32. The molecule has 0 aliphatic rings. The smallest absolute Gasteiger partial charge is 0.408 e. The molecule has 2 N–H and O–H groups in total. The largest absolute Gasteiger partial charge is 0.417 e. The fraction of sp³-hybridized carbons (Fsp3) is 0.300. The summed E-state index contributed by atoms with van der Waals surface area (Å²) in [5, 5.41) is 9.03. The third-order valence-electron chi connectivity index (χ3n) is 2.29. The Morgan fingerprint density at radius 3 is 3.07 bits per heavy atom. The molecule has 1 aromatic carbocycles. The predicted octanol–water partition coefficient (Wildman–Crippen LogP) is 1.22. The van der Waals surface area contributed by atoms with E-state index in [-0.39, 0.29) is 12.5 Å². The van der Waals surface area contributed by atoms with Gasteiger partial charge in [0.15, 0.2) is 5.58 Å². The minimum absolute atomic E-state index is 0.00745. The molecule has 14 heavy (non-hydrogen) atoms. The molecule has 0 amide bonds. The maximum Gasteiger partial charge on any atom is 0.417 e. The van der Waals surface area contributed by atoms with Gasteiger partial charge in [-0.15, -0.1) is 0 Å². The molecular weight excluding hydrogens is 182 g/mol. The van der Waals surface area contributed by atoms with Crippen LogP contribution < -0.4 is 5.76 Å². The molecular formula is C10H11NO3. The average Bonchev–Trinajstić information content (AvgIpc) is 2.56. The second-order valence-electron chi connectivity index (χ2n) is 3.32. The van der Waals surface area contributed by atoms with Crippen molar-refractivity contribution in [1.29, 1.82) is 0 Å². The van der Waals surface area contributed by atoms with E-state index in [0.29, 0.717) is 11.1 Å². The second kappa shape index (κ2) is 3.31. The molecule has 2 rings (SSSR count). The van der Waals surface area contributed by atoms with Gasteiger partial charge in [0.25, 0.3) is 0 Å². The lowest BCUT2D eigenvalue weighted by atomic mass is 10.0. The van der Waals surface area contributed by atoms with Crippen LogP contribution in [0.5, 0.6) is 0 Å². The number of aliphatic hydroxyl groups is 1. The van der Waals surface area contributed by atoms with Gasteiger partial charge in [-0.05, 0) is 11.6 Å². The molecule has 4 heteroatoms. The molecule has 0 aliphatic heterocycles. The molecule has 0 aliphatic carbocycles. The zero-order valence-electron chi connectivity index (χ0n) is 7.78. The van der Waals surface area contributed by atoms with Gasteiger partial charge in [0.1, 0.15) is 0 Å². The number of rotatable bonds is 2. The highest BCUT2D eigenvalue weighted by Gasteiger charge is 2.11. The molecule has 1 atom stereocenters. The zero-order valence-corrected chi connectivity index (χ0v) is 7.78. The van der Waals surface area contributed by atoms with Crippen molar-refractivity contribution in [2.24, 2.45) is 0 Å². The van der Waals surface area contributed by atoms with E-state index < -0.39 is 5.76 Å². The lowest BCUT2D eigenvalue weighted by molar-refractivity contribution is 0.273. The molecule has 2 aromatic rings. The standard InChI is InChI=1S/C10H11NO3/c1-6(5-12)7-3-2-4-8-9(7)11-10(13)14-8/h2-4,6,12H,5H2,1H3,(H,11,13). The first-order valence-corrected chi connectivity index (χ1v) is 4.45. The highest BCUT2D eigenvalue weighted by atomic mass is 16.4. The number of nitrogens with one attached hydrogen (secondary N) is 1. The first-order valence-electron chi connectivity index (χ1n) is 4.45. The van der Waals surface area contributed by atoms with E-state index in [1.807, 2.05) is 13.0 Å². The van der Waals surface area contributed by atoms with Crippen LogP contribution >= 0.6 is 0 Å². The number of aromatic amines is 1. The van der Waals surface area contributed by atoms with Crippen molar-refractivity contribution in [1.82, 2.24) is 4.98 Å². The minimum atomic E-state index is -0.461. The monoisotopic (exact) mass is 193 g/mol. The van der Waals surface area contributed by atoms with Crippen LogP contribution in [0.4, 0.5) is 0 Å². The predicted molar refractivity (Wildman–Crippen MR) is 52.3 cm³/mol. The first kappa shape index (κ1) is 9.02. The van der Waals surface area contributed by atoms with Crippen LogP contribution in [0.2, 0.25) is 0 Å². The molecule has 0 saturated carbocycles. The van der Waals surface area contributed by atoms with Gasteiger partial charge in [-0.25, -0.2) is 4.79 Å². The number of para-hydroxylation sites is 1. The Hall–Kier alpha value is -1.55. The van der Waals surface area contributed by atoms with E-state index in [0.717, 1.165) is 5.56 Å². The summed E-state index contributed by atoms with van der Waals surface area (Å²) in [6.07, 6.45) is 0. The number of hydrogen-bond donors (Lipinski definition) is 2. The van der Waals surface area contributed by atoms with E-state index in [1.54, 1.807) is 12.1 Å². The molecule has 0 bridgehead atoms. The van der Waals surface area contributed by atoms with Gasteiger partial charge < -0.3 is 9.52 Å². The maximum absolute atomic E-state index is 11.0. The Morgan fingerprint density at radius 2 is 2.36 bits per heavy atom. The first-order chi connectivity index (χ1) is 6.72. The van der Waals surface area contributed by atoms with Crippen molar-refractivity contribution in [3.8, 4) is 0 Å². The topological polar surface area (TPSA) is 66.2 Å². The van der Waals surface area contributed by atoms with Crippen LogP contribution in [0, 0.1) is 0 Å². The normalized spacial score (nSPS) is 13.3. The van der Waals surface area contributed by atoms with Crippen molar-refractivity contribution in [2.45, 2.75) is 12.8 Å². The summed E-state index contributed by atoms with van der Waals surface area (Å²) < 4.78 is 4.91. The summed E-state index contributed by atoms with van der Waals surface area (Å²) in [6.45, 7) is 1.94. The SMILES string of the molecule is CC(CO)c1cccc2oc(=O)[nH]c12. The summed E-state index contributed by atoms with van der Waals surface area (Å²) in [5.41, 5.74) is 2.11. The molecule has 0 fully saturated rings. The van der Waals surface area contributed by atoms with Crippen LogP contribution in [0.3, 0.4) is 0 Å². The number of H-pyrrole nitrogens is 1. The van der Waals surface area contributed by atoms with Gasteiger partial charge in [-0.1, -0.05) is 19.1 Å². The summed E-state index contributed by atoms with van der Waals surface area (Å²) in [7, 11) is 0. The van der Waals surface area contributed by atoms with Crippen LogP contribution in [-0.4, -0.2) is 16.7 Å². The maximum atomic E-state index is 11.0. The van der Waals surface area contributed by atoms with Gasteiger partial charge in [0.05, 0.1) is 5.52 Å². The molecule has 1 unspecified atom stereocenters. The summed E-state index contributed by atoms with van der Waals surface area (Å²) in [4.78, 5) is 13.6. The third kappa shape index (κ3) is 1.33. The van der Waals surface area contributed by atoms with E-state index in [4.69, 9.17) is 9.52 Å². The quantitative estimate of drug-likeness (QED) is 0.753. The fourth-order valence-electron chi connectivity index (χ4n) is 1.50. The number of fused-ring (bicyclic) bond motifs is 1. The molecule has 74 valence electrons. The average molecular weight is 193 g/mol.